The number of nitrogens with one attached hydrogen (secondary N) is 1. The van der Waals surface area contributed by atoms with Crippen LogP contribution in [0.4, 0.5) is 0 Å². The van der Waals surface area contributed by atoms with E-state index in [1.165, 1.54) is 64.2 Å². The van der Waals surface area contributed by atoms with Crippen molar-refractivity contribution in [3.05, 3.63) is 24.3 Å². The minimum absolute atomic E-state index is 0.0403. The Morgan fingerprint density at radius 1 is 0.800 bits per heavy atom. The lowest BCUT2D eigenvalue weighted by Crippen LogP contribution is -2.33. The van der Waals surface area contributed by atoms with E-state index in [9.17, 15) is 9.59 Å². The minimum atomic E-state index is -0.298. The summed E-state index contributed by atoms with van der Waals surface area (Å²) in [5.74, 6) is -0.378. The molecule has 0 heterocycles. The fourth-order valence-electron chi connectivity index (χ4n) is 2.51. The number of ketones is 1. The van der Waals surface area contributed by atoms with E-state index in [0.717, 1.165) is 12.8 Å². The molecule has 0 fully saturated rings. The topological polar surface area (TPSA) is 72.2 Å². The molecule has 144 valence electrons. The Balaban J connectivity index is 3.32. The molecular weight excluding hydrogens is 312 g/mol. The van der Waals surface area contributed by atoms with E-state index in [0.29, 0.717) is 0 Å². The second-order valence-corrected chi connectivity index (χ2v) is 6.52. The first kappa shape index (κ1) is 23.6. The van der Waals surface area contributed by atoms with Crippen LogP contribution in [0.1, 0.15) is 84.0 Å². The zero-order chi connectivity index (χ0) is 18.6. The number of carbonyl (C=O) groups excluding carboxylic acids is 2. The van der Waals surface area contributed by atoms with Gasteiger partial charge in [-0.2, -0.15) is 0 Å². The summed E-state index contributed by atoms with van der Waals surface area (Å²) in [7, 11) is 0. The molecule has 0 unspecified atom stereocenters. The Morgan fingerprint density at radius 2 is 1.32 bits per heavy atom. The van der Waals surface area contributed by atoms with Crippen LogP contribution in [0, 0.1) is 0 Å². The van der Waals surface area contributed by atoms with Crippen LogP contribution in [0.15, 0.2) is 24.3 Å². The van der Waals surface area contributed by atoms with Gasteiger partial charge in [-0.15, -0.1) is 0 Å². The minimum Gasteiger partial charge on any atom is -0.348 e. The lowest BCUT2D eigenvalue weighted by molar-refractivity contribution is -0.122. The number of hydrogen-bond acceptors (Lipinski definition) is 3. The quantitative estimate of drug-likeness (QED) is 0.231. The van der Waals surface area contributed by atoms with Gasteiger partial charge in [0.15, 0.2) is 5.78 Å². The highest BCUT2D eigenvalue weighted by Crippen LogP contribution is 2.09. The van der Waals surface area contributed by atoms with Gasteiger partial charge in [0.1, 0.15) is 0 Å². The first-order valence-electron chi connectivity index (χ1n) is 10.0. The summed E-state index contributed by atoms with van der Waals surface area (Å²) >= 11 is 0. The van der Waals surface area contributed by atoms with Gasteiger partial charge in [-0.05, 0) is 44.6 Å². The molecule has 0 aromatic heterocycles. The van der Waals surface area contributed by atoms with Crippen molar-refractivity contribution in [3.8, 4) is 0 Å². The van der Waals surface area contributed by atoms with Crippen molar-refractivity contribution in [3.63, 3.8) is 0 Å². The zero-order valence-corrected chi connectivity index (χ0v) is 16.1. The average Bonchev–Trinajstić information content (AvgIpc) is 2.62. The van der Waals surface area contributed by atoms with Crippen LogP contribution in [0.3, 0.4) is 0 Å². The molecule has 0 bridgehead atoms. The number of nitrogens with two attached hydrogens (primary N) is 1. The molecule has 0 radical (unpaired) electrons. The van der Waals surface area contributed by atoms with E-state index in [4.69, 9.17) is 5.73 Å². The molecule has 4 heteroatoms. The standard InChI is InChI=1S/C21H38N2O2/c1-2-3-4-5-6-7-8-9-10-11-12-13-14-15-16-17-20(24)19-23-21(25)18-22/h7-8,16-17H,2-6,9-15,18-19,22H2,1H3,(H,23,25)/b8-7-,17-16+. The molecular formula is C21H38N2O2. The third-order valence-corrected chi connectivity index (χ3v) is 4.08. The molecule has 25 heavy (non-hydrogen) atoms. The van der Waals surface area contributed by atoms with Gasteiger partial charge in [0.25, 0.3) is 0 Å². The molecule has 1 amide bonds. The Morgan fingerprint density at radius 3 is 1.88 bits per heavy atom. The average molecular weight is 351 g/mol. The molecule has 0 aromatic carbocycles. The fourth-order valence-corrected chi connectivity index (χ4v) is 2.51. The lowest BCUT2D eigenvalue weighted by atomic mass is 10.1. The fraction of sp³-hybridized carbons (Fsp3) is 0.714. The molecule has 3 N–H and O–H groups in total. The van der Waals surface area contributed by atoms with E-state index in [1.54, 1.807) is 6.08 Å². The van der Waals surface area contributed by atoms with E-state index in [2.05, 4.69) is 24.4 Å². The Hall–Kier alpha value is -1.42. The van der Waals surface area contributed by atoms with Gasteiger partial charge in [0.05, 0.1) is 13.1 Å². The third kappa shape index (κ3) is 18.8. The number of carbonyl (C=O) groups is 2. The van der Waals surface area contributed by atoms with Crippen LogP contribution >= 0.6 is 0 Å². The number of amides is 1. The molecule has 0 aliphatic heterocycles. The largest absolute Gasteiger partial charge is 0.348 e. The van der Waals surface area contributed by atoms with E-state index < -0.39 is 0 Å². The normalized spacial score (nSPS) is 11.4. The zero-order valence-electron chi connectivity index (χ0n) is 16.1. The second-order valence-electron chi connectivity index (χ2n) is 6.52. The molecule has 0 aliphatic carbocycles. The molecule has 0 rings (SSSR count). The van der Waals surface area contributed by atoms with E-state index in [-0.39, 0.29) is 24.8 Å². The molecule has 0 saturated heterocycles. The van der Waals surface area contributed by atoms with Gasteiger partial charge in [-0.1, -0.05) is 63.7 Å². The summed E-state index contributed by atoms with van der Waals surface area (Å²) in [5.41, 5.74) is 5.15. The summed E-state index contributed by atoms with van der Waals surface area (Å²) in [4.78, 5) is 22.4. The smallest absolute Gasteiger partial charge is 0.234 e. The Bertz CT molecular complexity index is 389. The maximum Gasteiger partial charge on any atom is 0.234 e. The van der Waals surface area contributed by atoms with Crippen molar-refractivity contribution in [2.24, 2.45) is 5.73 Å². The van der Waals surface area contributed by atoms with Crippen LogP contribution in [-0.4, -0.2) is 24.8 Å². The van der Waals surface area contributed by atoms with Crippen LogP contribution in [-0.2, 0) is 9.59 Å². The Kier molecular flexibility index (Phi) is 17.8. The van der Waals surface area contributed by atoms with Crippen LogP contribution in [0.25, 0.3) is 0 Å². The summed E-state index contributed by atoms with van der Waals surface area (Å²) in [6.45, 7) is 2.21. The number of rotatable bonds is 17. The van der Waals surface area contributed by atoms with Crippen molar-refractivity contribution in [2.75, 3.05) is 13.1 Å². The van der Waals surface area contributed by atoms with Gasteiger partial charge in [0, 0.05) is 0 Å². The highest BCUT2D eigenvalue weighted by molar-refractivity contribution is 5.94. The number of hydrogen-bond donors (Lipinski definition) is 2. The van der Waals surface area contributed by atoms with Crippen molar-refractivity contribution < 1.29 is 9.59 Å². The summed E-state index contributed by atoms with van der Waals surface area (Å²) < 4.78 is 0. The maximum atomic E-state index is 11.4. The molecule has 4 nitrogen and oxygen atoms in total. The monoisotopic (exact) mass is 350 g/mol. The Labute approximate surface area is 154 Å². The van der Waals surface area contributed by atoms with Gasteiger partial charge >= 0.3 is 0 Å². The second kappa shape index (κ2) is 18.9. The number of allylic oxidation sites excluding steroid dienone is 3. The summed E-state index contributed by atoms with van der Waals surface area (Å²) in [6.07, 6.45) is 23.0. The SMILES string of the molecule is CCCCCC/C=C\CCCCCCC/C=C/C(=O)CNC(=O)CN. The van der Waals surface area contributed by atoms with Crippen LogP contribution < -0.4 is 11.1 Å². The molecule has 0 aliphatic rings. The highest BCUT2D eigenvalue weighted by atomic mass is 16.2. The van der Waals surface area contributed by atoms with Gasteiger partial charge in [-0.3, -0.25) is 9.59 Å². The molecule has 0 saturated carbocycles. The molecule has 0 aromatic rings. The predicted octanol–water partition coefficient (Wildman–Crippen LogP) is 4.44. The van der Waals surface area contributed by atoms with Gasteiger partial charge in [0.2, 0.25) is 5.91 Å². The van der Waals surface area contributed by atoms with Crippen LogP contribution in [0.5, 0.6) is 0 Å². The maximum absolute atomic E-state index is 11.4. The van der Waals surface area contributed by atoms with E-state index >= 15 is 0 Å². The lowest BCUT2D eigenvalue weighted by Gasteiger charge is -2.00. The van der Waals surface area contributed by atoms with Crippen LogP contribution in [0.2, 0.25) is 0 Å². The molecule has 0 spiro atoms. The van der Waals surface area contributed by atoms with Crippen molar-refractivity contribution in [2.45, 2.75) is 84.0 Å². The third-order valence-electron chi connectivity index (χ3n) is 4.08. The molecule has 0 atom stereocenters. The van der Waals surface area contributed by atoms with Crippen molar-refractivity contribution >= 4 is 11.7 Å². The number of unbranched alkanes of at least 4 members (excludes halogenated alkanes) is 10. The van der Waals surface area contributed by atoms with Gasteiger partial charge in [-0.25, -0.2) is 0 Å². The van der Waals surface area contributed by atoms with Gasteiger partial charge < -0.3 is 11.1 Å². The summed E-state index contributed by atoms with van der Waals surface area (Å²) in [5, 5.41) is 2.46. The van der Waals surface area contributed by atoms with E-state index in [1.807, 2.05) is 6.08 Å². The predicted molar refractivity (Wildman–Crippen MR) is 106 cm³/mol. The highest BCUT2D eigenvalue weighted by Gasteiger charge is 1.99. The first-order valence-corrected chi connectivity index (χ1v) is 10.0. The van der Waals surface area contributed by atoms with Crippen molar-refractivity contribution in [1.29, 1.82) is 0 Å². The summed E-state index contributed by atoms with van der Waals surface area (Å²) in [6, 6.07) is 0. The first-order chi connectivity index (χ1) is 12.2. The van der Waals surface area contributed by atoms with Crippen molar-refractivity contribution in [1.82, 2.24) is 5.32 Å².